The molecule has 4 heterocycles. The van der Waals surface area contributed by atoms with Crippen LogP contribution in [0.4, 0.5) is 10.6 Å². The number of nitrogens with zero attached hydrogens (tertiary/aromatic N) is 5. The van der Waals surface area contributed by atoms with E-state index < -0.39 is 11.7 Å². The van der Waals surface area contributed by atoms with Crippen LogP contribution < -0.4 is 5.32 Å². The van der Waals surface area contributed by atoms with Gasteiger partial charge in [-0.3, -0.25) is 10.1 Å². The lowest BCUT2D eigenvalue weighted by atomic mass is 10.1. The zero-order chi connectivity index (χ0) is 27.4. The highest BCUT2D eigenvalue weighted by molar-refractivity contribution is 5.94. The molecule has 0 unspecified atom stereocenters. The van der Waals surface area contributed by atoms with Crippen LogP contribution in [0.15, 0.2) is 60.9 Å². The Kier molecular flexibility index (Phi) is 7.25. The van der Waals surface area contributed by atoms with Crippen LogP contribution in [0.25, 0.3) is 16.9 Å². The first kappa shape index (κ1) is 25.9. The first-order chi connectivity index (χ1) is 18.7. The number of nitrogens with one attached hydrogen (secondary N) is 1. The number of ether oxygens (including phenoxy) is 2. The number of aromatic nitrogens is 4. The second-order valence-electron chi connectivity index (χ2n) is 9.92. The van der Waals surface area contributed by atoms with Gasteiger partial charge >= 0.3 is 6.09 Å². The predicted octanol–water partition coefficient (Wildman–Crippen LogP) is 4.01. The summed E-state index contributed by atoms with van der Waals surface area (Å²) < 4.78 is 12.3. The molecule has 1 aliphatic rings. The van der Waals surface area contributed by atoms with Crippen molar-refractivity contribution in [3.8, 4) is 23.1 Å². The van der Waals surface area contributed by atoms with E-state index in [1.54, 1.807) is 54.7 Å². The minimum atomic E-state index is -0.594. The zero-order valence-electron chi connectivity index (χ0n) is 22.0. The molecule has 39 heavy (non-hydrogen) atoms. The molecule has 5 rings (SSSR count). The minimum absolute atomic E-state index is 0.00331. The molecule has 0 aliphatic carbocycles. The van der Waals surface area contributed by atoms with Crippen molar-refractivity contribution in [1.82, 2.24) is 24.5 Å². The van der Waals surface area contributed by atoms with Gasteiger partial charge in [-0.25, -0.2) is 19.3 Å². The summed E-state index contributed by atoms with van der Waals surface area (Å²) in [5.74, 6) is 6.52. The van der Waals surface area contributed by atoms with Crippen molar-refractivity contribution < 1.29 is 19.1 Å². The maximum absolute atomic E-state index is 12.7. The Hall–Kier alpha value is -4.75. The average molecular weight is 525 g/mol. The third-order valence-corrected chi connectivity index (χ3v) is 5.82. The summed E-state index contributed by atoms with van der Waals surface area (Å²) in [7, 11) is 0. The smallest absolute Gasteiger partial charge is 0.413 e. The maximum Gasteiger partial charge on any atom is 0.413 e. The largest absolute Gasteiger partial charge is 0.444 e. The van der Waals surface area contributed by atoms with Crippen LogP contribution in [-0.4, -0.2) is 68.4 Å². The van der Waals surface area contributed by atoms with Crippen LogP contribution in [-0.2, 0) is 9.47 Å². The summed E-state index contributed by atoms with van der Waals surface area (Å²) in [6, 6.07) is 14.6. The lowest BCUT2D eigenvalue weighted by Gasteiger charge is -2.26. The fourth-order valence-corrected chi connectivity index (χ4v) is 3.93. The number of morpholine rings is 1. The molecule has 2 amide bonds. The molecule has 0 spiro atoms. The van der Waals surface area contributed by atoms with E-state index in [1.807, 2.05) is 36.4 Å². The Morgan fingerprint density at radius 1 is 0.949 bits per heavy atom. The Bertz CT molecular complexity index is 1550. The number of anilines is 1. The topological polar surface area (TPSA) is 111 Å². The van der Waals surface area contributed by atoms with Gasteiger partial charge < -0.3 is 14.4 Å². The van der Waals surface area contributed by atoms with E-state index in [9.17, 15) is 9.59 Å². The quantitative estimate of drug-likeness (QED) is 0.403. The van der Waals surface area contributed by atoms with Gasteiger partial charge in [0, 0.05) is 36.0 Å². The third-order valence-electron chi connectivity index (χ3n) is 5.82. The maximum atomic E-state index is 12.7. The SMILES string of the molecule is CC(C)(C)OC(=O)Nc1ccc(C#Cc2cnc3ccc(-c4ccc(C(=O)N5CCOCC5)cc4)nn23)cn1. The van der Waals surface area contributed by atoms with Crippen LogP contribution in [0, 0.1) is 11.8 Å². The number of amides is 2. The van der Waals surface area contributed by atoms with Crippen molar-refractivity contribution in [2.24, 2.45) is 0 Å². The standard InChI is InChI=1S/C29H28N6O4/c1-29(2,3)39-28(37)32-25-12-5-20(18-30-25)4-10-23-19-31-26-13-11-24(33-35(23)26)21-6-8-22(9-7-21)27(36)34-14-16-38-17-15-34/h5-9,11-13,18-19H,14-17H2,1-3H3,(H,30,32,37). The van der Waals surface area contributed by atoms with Crippen LogP contribution in [0.2, 0.25) is 0 Å². The Morgan fingerprint density at radius 3 is 2.41 bits per heavy atom. The molecule has 1 fully saturated rings. The van der Waals surface area contributed by atoms with Crippen molar-refractivity contribution in [3.05, 3.63) is 77.7 Å². The summed E-state index contributed by atoms with van der Waals surface area (Å²) in [5.41, 5.74) is 3.59. The molecule has 1 aromatic carbocycles. The second kappa shape index (κ2) is 10.9. The van der Waals surface area contributed by atoms with E-state index in [0.29, 0.717) is 54.6 Å². The highest BCUT2D eigenvalue weighted by Gasteiger charge is 2.19. The number of imidazole rings is 1. The van der Waals surface area contributed by atoms with Gasteiger partial charge in [-0.15, -0.1) is 0 Å². The van der Waals surface area contributed by atoms with Crippen molar-refractivity contribution in [1.29, 1.82) is 0 Å². The van der Waals surface area contributed by atoms with E-state index in [0.717, 1.165) is 11.3 Å². The molecule has 198 valence electrons. The Balaban J connectivity index is 1.30. The van der Waals surface area contributed by atoms with Gasteiger partial charge in [-0.05, 0) is 63.1 Å². The number of carbonyl (C=O) groups is 2. The van der Waals surface area contributed by atoms with Crippen molar-refractivity contribution >= 4 is 23.5 Å². The zero-order valence-corrected chi connectivity index (χ0v) is 22.0. The minimum Gasteiger partial charge on any atom is -0.444 e. The number of benzene rings is 1. The van der Waals surface area contributed by atoms with E-state index in [-0.39, 0.29) is 5.91 Å². The molecule has 4 aromatic rings. The number of hydrogen-bond donors (Lipinski definition) is 1. The fourth-order valence-electron chi connectivity index (χ4n) is 3.93. The average Bonchev–Trinajstić information content (AvgIpc) is 3.34. The molecular formula is C29H28N6O4. The summed E-state index contributed by atoms with van der Waals surface area (Å²) in [4.78, 5) is 35.1. The van der Waals surface area contributed by atoms with Gasteiger partial charge in [-0.1, -0.05) is 18.1 Å². The van der Waals surface area contributed by atoms with E-state index >= 15 is 0 Å². The number of fused-ring (bicyclic) bond motifs is 1. The third kappa shape index (κ3) is 6.40. The molecule has 0 bridgehead atoms. The highest BCUT2D eigenvalue weighted by Crippen LogP contribution is 2.20. The van der Waals surface area contributed by atoms with Gasteiger partial charge in [0.15, 0.2) is 5.65 Å². The van der Waals surface area contributed by atoms with Gasteiger partial charge in [0.1, 0.15) is 17.1 Å². The fraction of sp³-hybridized carbons (Fsp3) is 0.276. The monoisotopic (exact) mass is 524 g/mol. The summed E-state index contributed by atoms with van der Waals surface area (Å²) in [6.45, 7) is 7.72. The number of carbonyl (C=O) groups excluding carboxylic acids is 2. The number of hydrogen-bond acceptors (Lipinski definition) is 7. The molecule has 0 atom stereocenters. The van der Waals surface area contributed by atoms with Crippen molar-refractivity contribution in [2.75, 3.05) is 31.6 Å². The molecule has 1 aliphatic heterocycles. The summed E-state index contributed by atoms with van der Waals surface area (Å²) in [6.07, 6.45) is 2.66. The number of rotatable bonds is 3. The predicted molar refractivity (Wildman–Crippen MR) is 145 cm³/mol. The number of pyridine rings is 1. The molecular weight excluding hydrogens is 496 g/mol. The second-order valence-corrected chi connectivity index (χ2v) is 9.92. The molecule has 0 saturated carbocycles. The van der Waals surface area contributed by atoms with Crippen LogP contribution in [0.3, 0.4) is 0 Å². The molecule has 10 heteroatoms. The molecule has 1 N–H and O–H groups in total. The van der Waals surface area contributed by atoms with Gasteiger partial charge in [0.25, 0.3) is 5.91 Å². The van der Waals surface area contributed by atoms with E-state index in [1.165, 1.54) is 0 Å². The summed E-state index contributed by atoms with van der Waals surface area (Å²) in [5, 5.41) is 7.32. The van der Waals surface area contributed by atoms with Gasteiger partial charge in [0.2, 0.25) is 0 Å². The van der Waals surface area contributed by atoms with Gasteiger partial charge in [-0.2, -0.15) is 5.10 Å². The Labute approximate surface area is 226 Å². The first-order valence-corrected chi connectivity index (χ1v) is 12.6. The normalized spacial score (nSPS) is 13.5. The van der Waals surface area contributed by atoms with Crippen LogP contribution in [0.5, 0.6) is 0 Å². The van der Waals surface area contributed by atoms with Crippen LogP contribution in [0.1, 0.15) is 42.4 Å². The van der Waals surface area contributed by atoms with E-state index in [4.69, 9.17) is 14.6 Å². The molecule has 10 nitrogen and oxygen atoms in total. The molecule has 0 radical (unpaired) electrons. The van der Waals surface area contributed by atoms with Crippen molar-refractivity contribution in [3.63, 3.8) is 0 Å². The van der Waals surface area contributed by atoms with E-state index in [2.05, 4.69) is 27.1 Å². The van der Waals surface area contributed by atoms with Gasteiger partial charge in [0.05, 0.1) is 25.1 Å². The lowest BCUT2D eigenvalue weighted by Crippen LogP contribution is -2.40. The first-order valence-electron chi connectivity index (χ1n) is 12.6. The lowest BCUT2D eigenvalue weighted by molar-refractivity contribution is 0.0303. The van der Waals surface area contributed by atoms with Crippen molar-refractivity contribution in [2.45, 2.75) is 26.4 Å². The molecule has 3 aromatic heterocycles. The van der Waals surface area contributed by atoms with Crippen LogP contribution >= 0.6 is 0 Å². The highest BCUT2D eigenvalue weighted by atomic mass is 16.6. The summed E-state index contributed by atoms with van der Waals surface area (Å²) >= 11 is 0. The molecule has 1 saturated heterocycles. The Morgan fingerprint density at radius 2 is 1.72 bits per heavy atom.